The number of amides is 1. The van der Waals surface area contributed by atoms with E-state index in [-0.39, 0.29) is 27.1 Å². The van der Waals surface area contributed by atoms with Crippen molar-refractivity contribution in [1.82, 2.24) is 14.8 Å². The van der Waals surface area contributed by atoms with Crippen LogP contribution in [0.15, 0.2) is 24.4 Å². The molecule has 1 aliphatic heterocycles. The molecule has 5 N–H and O–H groups in total. The number of hydrogen-bond donors (Lipinski definition) is 3. The molecule has 0 spiro atoms. The lowest BCUT2D eigenvalue weighted by atomic mass is 9.82. The van der Waals surface area contributed by atoms with Crippen molar-refractivity contribution in [2.45, 2.75) is 43.9 Å². The Labute approximate surface area is 195 Å². The second kappa shape index (κ2) is 8.32. The van der Waals surface area contributed by atoms with Crippen molar-refractivity contribution in [2.75, 3.05) is 11.1 Å². The molecule has 13 heteroatoms. The molecule has 182 valence electrons. The van der Waals surface area contributed by atoms with E-state index < -0.39 is 53.2 Å². The molecular weight excluding hydrogens is 476 g/mol. The standard InChI is InChI=1S/C21H22F4N6O2S/c1-9-20(2,27)21(24,25)7-13(33-9)16-12(8-28-31(16)3)29-18(32)15-17(26)34-19(30-15)14-10(22)5-4-6-11(14)23/h4-6,8-9,13H,7,26-27H2,1-3H3,(H,29,32)/t9-,13-,20+/m1/s1. The number of anilines is 2. The summed E-state index contributed by atoms with van der Waals surface area (Å²) in [6, 6.07) is 3.32. The number of rotatable bonds is 4. The van der Waals surface area contributed by atoms with Crippen LogP contribution in [-0.4, -0.2) is 38.2 Å². The molecule has 0 unspecified atom stereocenters. The molecule has 3 atom stereocenters. The zero-order valence-corrected chi connectivity index (χ0v) is 19.2. The Morgan fingerprint density at radius 3 is 2.59 bits per heavy atom. The van der Waals surface area contributed by atoms with Crippen LogP contribution < -0.4 is 16.8 Å². The first-order chi connectivity index (χ1) is 15.8. The first kappa shape index (κ1) is 24.1. The van der Waals surface area contributed by atoms with E-state index in [1.807, 2.05) is 0 Å². The van der Waals surface area contributed by atoms with Gasteiger partial charge in [0.05, 0.1) is 29.2 Å². The Bertz CT molecular complexity index is 1240. The second-order valence-electron chi connectivity index (χ2n) is 8.31. The molecule has 0 aliphatic carbocycles. The van der Waals surface area contributed by atoms with Gasteiger partial charge in [-0.25, -0.2) is 22.5 Å². The summed E-state index contributed by atoms with van der Waals surface area (Å²) in [5.74, 6) is -5.76. The largest absolute Gasteiger partial charge is 0.389 e. The highest BCUT2D eigenvalue weighted by Gasteiger charge is 2.57. The van der Waals surface area contributed by atoms with Crippen LogP contribution >= 0.6 is 11.3 Å². The molecule has 1 amide bonds. The smallest absolute Gasteiger partial charge is 0.277 e. The zero-order chi connectivity index (χ0) is 25.0. The maximum absolute atomic E-state index is 14.7. The van der Waals surface area contributed by atoms with Gasteiger partial charge < -0.3 is 21.5 Å². The number of hydrogen-bond acceptors (Lipinski definition) is 7. The number of aromatic nitrogens is 3. The van der Waals surface area contributed by atoms with Gasteiger partial charge in [-0.1, -0.05) is 17.4 Å². The summed E-state index contributed by atoms with van der Waals surface area (Å²) in [7, 11) is 1.52. The Kier molecular flexibility index (Phi) is 5.90. The third-order valence-corrected chi connectivity index (χ3v) is 6.93. The normalized spacial score (nSPS) is 24.2. The van der Waals surface area contributed by atoms with Crippen molar-refractivity contribution >= 4 is 27.9 Å². The van der Waals surface area contributed by atoms with Crippen LogP contribution in [0.4, 0.5) is 28.3 Å². The lowest BCUT2D eigenvalue weighted by Crippen LogP contribution is -2.64. The summed E-state index contributed by atoms with van der Waals surface area (Å²) in [5.41, 5.74) is 9.44. The number of carbonyl (C=O) groups excluding carboxylic acids is 1. The Hall–Kier alpha value is -3.03. The molecule has 3 heterocycles. The van der Waals surface area contributed by atoms with Crippen molar-refractivity contribution in [3.63, 3.8) is 0 Å². The van der Waals surface area contributed by atoms with Gasteiger partial charge in [-0.3, -0.25) is 9.48 Å². The minimum Gasteiger partial charge on any atom is -0.389 e. The van der Waals surface area contributed by atoms with Crippen LogP contribution in [0.25, 0.3) is 10.6 Å². The minimum atomic E-state index is -3.25. The van der Waals surface area contributed by atoms with Gasteiger partial charge in [0.25, 0.3) is 11.8 Å². The summed E-state index contributed by atoms with van der Waals surface area (Å²) in [5, 5.41) is 6.39. The highest BCUT2D eigenvalue weighted by molar-refractivity contribution is 7.19. The number of benzene rings is 1. The number of nitrogens with one attached hydrogen (secondary N) is 1. The van der Waals surface area contributed by atoms with Crippen LogP contribution in [-0.2, 0) is 11.8 Å². The number of alkyl halides is 2. The van der Waals surface area contributed by atoms with E-state index >= 15 is 0 Å². The summed E-state index contributed by atoms with van der Waals surface area (Å²) in [6.45, 7) is 2.68. The predicted molar refractivity (Wildman–Crippen MR) is 118 cm³/mol. The van der Waals surface area contributed by atoms with Gasteiger partial charge in [0.15, 0.2) is 5.69 Å². The maximum Gasteiger partial charge on any atom is 0.277 e. The quantitative estimate of drug-likeness (QED) is 0.470. The summed E-state index contributed by atoms with van der Waals surface area (Å²) < 4.78 is 64.8. The fourth-order valence-electron chi connectivity index (χ4n) is 3.76. The molecule has 1 aromatic carbocycles. The van der Waals surface area contributed by atoms with Gasteiger partial charge in [0.1, 0.15) is 33.3 Å². The van der Waals surface area contributed by atoms with Gasteiger partial charge in [-0.05, 0) is 26.0 Å². The van der Waals surface area contributed by atoms with Crippen molar-refractivity contribution in [2.24, 2.45) is 12.8 Å². The van der Waals surface area contributed by atoms with Gasteiger partial charge in [-0.15, -0.1) is 0 Å². The van der Waals surface area contributed by atoms with Crippen LogP contribution in [0.5, 0.6) is 0 Å². The fourth-order valence-corrected chi connectivity index (χ4v) is 4.63. The van der Waals surface area contributed by atoms with E-state index in [1.54, 1.807) is 0 Å². The van der Waals surface area contributed by atoms with E-state index in [1.165, 1.54) is 37.8 Å². The SMILES string of the molecule is C[C@H]1O[C@@H](c2c(NC(=O)c3nc(-c4c(F)cccc4F)sc3N)cnn2C)CC(F)(F)[C@@]1(C)N. The van der Waals surface area contributed by atoms with E-state index in [0.29, 0.717) is 0 Å². The van der Waals surface area contributed by atoms with Gasteiger partial charge in [-0.2, -0.15) is 5.10 Å². The van der Waals surface area contributed by atoms with Crippen LogP contribution in [0.3, 0.4) is 0 Å². The lowest BCUT2D eigenvalue weighted by Gasteiger charge is -2.46. The molecule has 3 aromatic rings. The molecule has 1 saturated heterocycles. The topological polar surface area (TPSA) is 121 Å². The molecule has 8 nitrogen and oxygen atoms in total. The Morgan fingerprint density at radius 1 is 1.32 bits per heavy atom. The van der Waals surface area contributed by atoms with Crippen molar-refractivity contribution in [3.8, 4) is 10.6 Å². The van der Waals surface area contributed by atoms with Crippen molar-refractivity contribution in [3.05, 3.63) is 47.4 Å². The van der Waals surface area contributed by atoms with Crippen LogP contribution in [0, 0.1) is 11.6 Å². The molecule has 4 rings (SSSR count). The molecule has 34 heavy (non-hydrogen) atoms. The monoisotopic (exact) mass is 498 g/mol. The van der Waals surface area contributed by atoms with Gasteiger partial charge >= 0.3 is 0 Å². The molecular formula is C21H22F4N6O2S. The first-order valence-electron chi connectivity index (χ1n) is 10.2. The number of carbonyl (C=O) groups is 1. The lowest BCUT2D eigenvalue weighted by molar-refractivity contribution is -0.211. The predicted octanol–water partition coefficient (Wildman–Crippen LogP) is 3.86. The third-order valence-electron chi connectivity index (χ3n) is 6.03. The Morgan fingerprint density at radius 2 is 1.97 bits per heavy atom. The van der Waals surface area contributed by atoms with Crippen molar-refractivity contribution in [1.29, 1.82) is 0 Å². The number of aryl methyl sites for hydroxylation is 1. The molecule has 0 bridgehead atoms. The van der Waals surface area contributed by atoms with Crippen molar-refractivity contribution < 1.29 is 27.1 Å². The average Bonchev–Trinajstić information content (AvgIpc) is 3.28. The number of nitrogens with zero attached hydrogens (tertiary/aromatic N) is 3. The maximum atomic E-state index is 14.7. The first-order valence-corrected chi connectivity index (χ1v) is 11.0. The number of nitrogens with two attached hydrogens (primary N) is 2. The third kappa shape index (κ3) is 3.93. The highest BCUT2D eigenvalue weighted by atomic mass is 32.1. The van der Waals surface area contributed by atoms with E-state index in [4.69, 9.17) is 16.2 Å². The highest BCUT2D eigenvalue weighted by Crippen LogP contribution is 2.46. The summed E-state index contributed by atoms with van der Waals surface area (Å²) >= 11 is 0.739. The van der Waals surface area contributed by atoms with E-state index in [9.17, 15) is 22.4 Å². The van der Waals surface area contributed by atoms with E-state index in [2.05, 4.69) is 15.4 Å². The van der Waals surface area contributed by atoms with E-state index in [0.717, 1.165) is 23.5 Å². The molecule has 2 aromatic heterocycles. The molecule has 1 aliphatic rings. The fraction of sp³-hybridized carbons (Fsp3) is 0.381. The molecule has 0 saturated carbocycles. The number of thiazole rings is 1. The second-order valence-corrected chi connectivity index (χ2v) is 9.34. The number of ether oxygens (including phenoxy) is 1. The van der Waals surface area contributed by atoms with Crippen LogP contribution in [0.1, 0.15) is 42.6 Å². The average molecular weight is 499 g/mol. The summed E-state index contributed by atoms with van der Waals surface area (Å²) in [4.78, 5) is 16.9. The molecule has 1 fully saturated rings. The zero-order valence-electron chi connectivity index (χ0n) is 18.4. The molecule has 0 radical (unpaired) electrons. The number of halogens is 4. The Balaban J connectivity index is 1.63. The van der Waals surface area contributed by atoms with Gasteiger partial charge in [0, 0.05) is 13.5 Å². The van der Waals surface area contributed by atoms with Gasteiger partial charge in [0.2, 0.25) is 0 Å². The summed E-state index contributed by atoms with van der Waals surface area (Å²) in [6.07, 6.45) is -1.55. The minimum absolute atomic E-state index is 0.0754. The van der Waals surface area contributed by atoms with Crippen LogP contribution in [0.2, 0.25) is 0 Å². The number of nitrogen functional groups attached to an aromatic ring is 1.